The highest BCUT2D eigenvalue weighted by atomic mass is 16.6. The van der Waals surface area contributed by atoms with E-state index >= 15 is 0 Å². The number of anilines is 1. The summed E-state index contributed by atoms with van der Waals surface area (Å²) in [6.07, 6.45) is 3.10. The Morgan fingerprint density at radius 1 is 1.29 bits per heavy atom. The van der Waals surface area contributed by atoms with Gasteiger partial charge in [-0.2, -0.15) is 0 Å². The van der Waals surface area contributed by atoms with Crippen molar-refractivity contribution in [2.24, 2.45) is 0 Å². The van der Waals surface area contributed by atoms with E-state index in [-0.39, 0.29) is 11.5 Å². The number of para-hydroxylation sites is 1. The van der Waals surface area contributed by atoms with Crippen LogP contribution in [0.4, 0.5) is 5.69 Å². The number of carbonyl (C=O) groups is 1. The van der Waals surface area contributed by atoms with Gasteiger partial charge < -0.3 is 25.3 Å². The first kappa shape index (κ1) is 18.9. The van der Waals surface area contributed by atoms with Gasteiger partial charge in [0.15, 0.2) is 6.04 Å². The van der Waals surface area contributed by atoms with Gasteiger partial charge in [-0.3, -0.25) is 4.98 Å². The van der Waals surface area contributed by atoms with E-state index in [4.69, 9.17) is 4.74 Å². The molecule has 0 amide bonds. The van der Waals surface area contributed by atoms with E-state index in [1.807, 2.05) is 0 Å². The van der Waals surface area contributed by atoms with Gasteiger partial charge in [0.05, 0.1) is 12.7 Å². The lowest BCUT2D eigenvalue weighted by Crippen LogP contribution is -2.29. The molecule has 0 radical (unpaired) electrons. The van der Waals surface area contributed by atoms with Crippen LogP contribution in [0.25, 0.3) is 5.57 Å². The molecule has 2 aromatic rings. The lowest BCUT2D eigenvalue weighted by atomic mass is 10.0. The SMILES string of the molecule is COC(C)=C(C1=C([N+](=O)[O-])Nc2ccccc2C(C(=O)O)N1)c1cccnc1. The molecule has 0 spiro atoms. The molecule has 28 heavy (non-hydrogen) atoms. The lowest BCUT2D eigenvalue weighted by molar-refractivity contribution is -0.423. The summed E-state index contributed by atoms with van der Waals surface area (Å²) in [5.74, 6) is -1.19. The van der Waals surface area contributed by atoms with Crippen molar-refractivity contribution >= 4 is 17.2 Å². The Hall–Kier alpha value is -3.88. The summed E-state index contributed by atoms with van der Waals surface area (Å²) in [4.78, 5) is 27.3. The summed E-state index contributed by atoms with van der Waals surface area (Å²) < 4.78 is 5.34. The van der Waals surface area contributed by atoms with Gasteiger partial charge >= 0.3 is 11.8 Å². The molecular formula is C19H18N4O5. The Labute approximate surface area is 160 Å². The van der Waals surface area contributed by atoms with E-state index in [2.05, 4.69) is 15.6 Å². The minimum Gasteiger partial charge on any atom is -0.501 e. The molecule has 1 atom stereocenters. The molecule has 0 bridgehead atoms. The fraction of sp³-hybridized carbons (Fsp3) is 0.158. The number of nitro groups is 1. The standard InChI is InChI=1S/C19H18N4O5/c1-11(28-2)15(12-6-5-9-20-10-12)17-18(23(26)27)21-14-8-4-3-7-13(14)16(22-17)19(24)25/h3-10,16,21-22H,1-2H3,(H,24,25). The fourth-order valence-corrected chi connectivity index (χ4v) is 3.00. The second-order valence-corrected chi connectivity index (χ2v) is 5.99. The number of ether oxygens (including phenoxy) is 1. The summed E-state index contributed by atoms with van der Waals surface area (Å²) >= 11 is 0. The van der Waals surface area contributed by atoms with Crippen molar-refractivity contribution < 1.29 is 19.6 Å². The molecule has 0 fully saturated rings. The second-order valence-electron chi connectivity index (χ2n) is 5.99. The van der Waals surface area contributed by atoms with E-state index in [1.54, 1.807) is 49.5 Å². The Morgan fingerprint density at radius 2 is 2.04 bits per heavy atom. The molecule has 144 valence electrons. The molecule has 2 heterocycles. The maximum Gasteiger partial charge on any atom is 0.345 e. The number of hydrogen-bond acceptors (Lipinski definition) is 7. The zero-order valence-corrected chi connectivity index (χ0v) is 15.2. The zero-order valence-electron chi connectivity index (χ0n) is 15.2. The van der Waals surface area contributed by atoms with E-state index in [1.165, 1.54) is 13.3 Å². The largest absolute Gasteiger partial charge is 0.501 e. The number of benzene rings is 1. The molecule has 3 rings (SSSR count). The topological polar surface area (TPSA) is 127 Å². The number of allylic oxidation sites excluding steroid dienone is 2. The van der Waals surface area contributed by atoms with Crippen LogP contribution >= 0.6 is 0 Å². The highest BCUT2D eigenvalue weighted by Crippen LogP contribution is 2.35. The lowest BCUT2D eigenvalue weighted by Gasteiger charge is -2.19. The predicted octanol–water partition coefficient (Wildman–Crippen LogP) is 2.75. The number of aliphatic carboxylic acids is 1. The van der Waals surface area contributed by atoms with Gasteiger partial charge in [0.2, 0.25) is 0 Å². The first-order valence-electron chi connectivity index (χ1n) is 8.33. The average molecular weight is 382 g/mol. The number of carboxylic acid groups (broad SMARTS) is 1. The monoisotopic (exact) mass is 382 g/mol. The third-order valence-electron chi connectivity index (χ3n) is 4.34. The van der Waals surface area contributed by atoms with Crippen LogP contribution in [0.3, 0.4) is 0 Å². The smallest absolute Gasteiger partial charge is 0.345 e. The van der Waals surface area contributed by atoms with Crippen LogP contribution in [-0.2, 0) is 9.53 Å². The van der Waals surface area contributed by atoms with Crippen LogP contribution in [0, 0.1) is 10.1 Å². The van der Waals surface area contributed by atoms with Crippen LogP contribution in [0.1, 0.15) is 24.1 Å². The molecule has 1 aliphatic heterocycles. The number of nitrogens with one attached hydrogen (secondary N) is 2. The highest BCUT2D eigenvalue weighted by molar-refractivity contribution is 5.85. The van der Waals surface area contributed by atoms with Gasteiger partial charge in [0.25, 0.3) is 0 Å². The predicted molar refractivity (Wildman–Crippen MR) is 101 cm³/mol. The summed E-state index contributed by atoms with van der Waals surface area (Å²) in [5.41, 5.74) is 1.60. The van der Waals surface area contributed by atoms with Gasteiger partial charge in [0, 0.05) is 23.5 Å². The molecule has 1 unspecified atom stereocenters. The van der Waals surface area contributed by atoms with Gasteiger partial charge in [-0.05, 0) is 24.0 Å². The number of hydrogen-bond donors (Lipinski definition) is 3. The number of fused-ring (bicyclic) bond motifs is 1. The van der Waals surface area contributed by atoms with Crippen LogP contribution < -0.4 is 10.6 Å². The summed E-state index contributed by atoms with van der Waals surface area (Å²) in [7, 11) is 1.44. The molecule has 9 heteroatoms. The summed E-state index contributed by atoms with van der Waals surface area (Å²) in [6.45, 7) is 1.64. The fourth-order valence-electron chi connectivity index (χ4n) is 3.00. The van der Waals surface area contributed by atoms with Crippen LogP contribution in [-0.4, -0.2) is 28.1 Å². The van der Waals surface area contributed by atoms with Crippen molar-refractivity contribution in [3.8, 4) is 0 Å². The van der Waals surface area contributed by atoms with Crippen molar-refractivity contribution in [3.63, 3.8) is 0 Å². The highest BCUT2D eigenvalue weighted by Gasteiger charge is 2.35. The Kier molecular flexibility index (Phi) is 5.25. The first-order valence-corrected chi connectivity index (χ1v) is 8.33. The summed E-state index contributed by atoms with van der Waals surface area (Å²) in [6, 6.07) is 8.73. The van der Waals surface area contributed by atoms with E-state index in [0.29, 0.717) is 28.1 Å². The zero-order chi connectivity index (χ0) is 20.3. The van der Waals surface area contributed by atoms with Crippen molar-refractivity contribution in [2.75, 3.05) is 12.4 Å². The Balaban J connectivity index is 2.29. The third kappa shape index (κ3) is 3.50. The number of rotatable bonds is 5. The van der Waals surface area contributed by atoms with Crippen LogP contribution in [0.15, 0.2) is 66.1 Å². The van der Waals surface area contributed by atoms with Crippen molar-refractivity contribution in [1.82, 2.24) is 10.3 Å². The van der Waals surface area contributed by atoms with E-state index < -0.39 is 16.9 Å². The normalized spacial score (nSPS) is 16.7. The minimum absolute atomic E-state index is 0.000880. The van der Waals surface area contributed by atoms with Crippen LogP contribution in [0.2, 0.25) is 0 Å². The molecule has 1 aromatic carbocycles. The quantitative estimate of drug-likeness (QED) is 0.409. The number of carboxylic acids is 1. The van der Waals surface area contributed by atoms with Crippen molar-refractivity contribution in [1.29, 1.82) is 0 Å². The average Bonchev–Trinajstić information content (AvgIpc) is 2.86. The van der Waals surface area contributed by atoms with Gasteiger partial charge in [-0.1, -0.05) is 24.3 Å². The van der Waals surface area contributed by atoms with Gasteiger partial charge in [0.1, 0.15) is 17.1 Å². The summed E-state index contributed by atoms with van der Waals surface area (Å²) in [5, 5.41) is 27.2. The molecule has 9 nitrogen and oxygen atoms in total. The third-order valence-corrected chi connectivity index (χ3v) is 4.34. The molecule has 3 N–H and O–H groups in total. The minimum atomic E-state index is -1.20. The van der Waals surface area contributed by atoms with Gasteiger partial charge in [-0.25, -0.2) is 10.1 Å². The number of methoxy groups -OCH3 is 1. The second kappa shape index (κ2) is 7.78. The number of nitrogens with zero attached hydrogens (tertiary/aromatic N) is 2. The molecule has 0 saturated heterocycles. The molecule has 0 aliphatic carbocycles. The Bertz CT molecular complexity index is 985. The Morgan fingerprint density at radius 3 is 2.64 bits per heavy atom. The van der Waals surface area contributed by atoms with Gasteiger partial charge in [-0.15, -0.1) is 0 Å². The van der Waals surface area contributed by atoms with E-state index in [9.17, 15) is 20.0 Å². The maximum absolute atomic E-state index is 11.9. The molecule has 1 aliphatic rings. The molecular weight excluding hydrogens is 364 g/mol. The number of pyridine rings is 1. The first-order chi connectivity index (χ1) is 13.4. The van der Waals surface area contributed by atoms with E-state index in [0.717, 1.165) is 0 Å². The molecule has 0 saturated carbocycles. The molecule has 1 aromatic heterocycles. The van der Waals surface area contributed by atoms with Crippen LogP contribution in [0.5, 0.6) is 0 Å². The maximum atomic E-state index is 11.9. The van der Waals surface area contributed by atoms with Crippen molar-refractivity contribution in [2.45, 2.75) is 13.0 Å². The van der Waals surface area contributed by atoms with Crippen molar-refractivity contribution in [3.05, 3.63) is 87.3 Å². The number of aromatic nitrogens is 1.